The molecule has 2 aliphatic rings. The smallest absolute Gasteiger partial charge is 0.186 e. The molecule has 4 heteroatoms. The highest BCUT2D eigenvalue weighted by molar-refractivity contribution is 6.05. The summed E-state index contributed by atoms with van der Waals surface area (Å²) in [7, 11) is 1.63. The van der Waals surface area contributed by atoms with Gasteiger partial charge in [-0.1, -0.05) is 12.2 Å². The van der Waals surface area contributed by atoms with Gasteiger partial charge in [0.05, 0.1) is 20.3 Å². The van der Waals surface area contributed by atoms with Crippen LogP contribution in [0.4, 0.5) is 0 Å². The van der Waals surface area contributed by atoms with Gasteiger partial charge in [0.2, 0.25) is 0 Å². The number of allylic oxidation sites excluding steroid dienone is 1. The Morgan fingerprint density at radius 2 is 1.95 bits per heavy atom. The lowest BCUT2D eigenvalue weighted by molar-refractivity contribution is -0.00491. The minimum atomic E-state index is -0.503. The molecule has 0 amide bonds. The zero-order valence-electron chi connectivity index (χ0n) is 13.1. The van der Waals surface area contributed by atoms with Gasteiger partial charge in [0.25, 0.3) is 0 Å². The van der Waals surface area contributed by atoms with Gasteiger partial charge >= 0.3 is 0 Å². The number of benzene rings is 1. The van der Waals surface area contributed by atoms with E-state index in [1.807, 2.05) is 24.3 Å². The highest BCUT2D eigenvalue weighted by atomic mass is 16.5. The molecule has 1 aliphatic heterocycles. The second-order valence-electron chi connectivity index (χ2n) is 5.88. The Labute approximate surface area is 131 Å². The molecule has 0 aromatic heterocycles. The molecule has 0 N–H and O–H groups in total. The molecule has 0 radical (unpaired) electrons. The van der Waals surface area contributed by atoms with Crippen LogP contribution in [-0.4, -0.2) is 49.6 Å². The summed E-state index contributed by atoms with van der Waals surface area (Å²) in [6.07, 6.45) is 7.26. The van der Waals surface area contributed by atoms with Crippen molar-refractivity contribution in [1.29, 1.82) is 0 Å². The van der Waals surface area contributed by atoms with Crippen LogP contribution in [0.1, 0.15) is 29.6 Å². The van der Waals surface area contributed by atoms with Gasteiger partial charge < -0.3 is 9.47 Å². The molecule has 1 unspecified atom stereocenters. The van der Waals surface area contributed by atoms with Gasteiger partial charge in [-0.2, -0.15) is 0 Å². The van der Waals surface area contributed by atoms with Crippen LogP contribution in [0.25, 0.3) is 0 Å². The fourth-order valence-electron chi connectivity index (χ4n) is 3.40. The van der Waals surface area contributed by atoms with Crippen molar-refractivity contribution in [2.45, 2.75) is 24.8 Å². The molecule has 118 valence electrons. The third kappa shape index (κ3) is 2.81. The number of morpholine rings is 1. The first kappa shape index (κ1) is 15.3. The van der Waals surface area contributed by atoms with Crippen LogP contribution in [0.15, 0.2) is 36.4 Å². The summed E-state index contributed by atoms with van der Waals surface area (Å²) < 4.78 is 10.6. The first-order chi connectivity index (χ1) is 10.8. The Hall–Kier alpha value is -1.65. The molecular formula is C18H23NO3. The van der Waals surface area contributed by atoms with Crippen LogP contribution in [0.2, 0.25) is 0 Å². The van der Waals surface area contributed by atoms with Crippen LogP contribution < -0.4 is 4.74 Å². The monoisotopic (exact) mass is 301 g/mol. The summed E-state index contributed by atoms with van der Waals surface area (Å²) in [4.78, 5) is 15.5. The Kier molecular flexibility index (Phi) is 4.60. The van der Waals surface area contributed by atoms with Gasteiger partial charge in [0.15, 0.2) is 5.78 Å². The first-order valence-corrected chi connectivity index (χ1v) is 7.96. The van der Waals surface area contributed by atoms with Crippen molar-refractivity contribution < 1.29 is 14.3 Å². The van der Waals surface area contributed by atoms with E-state index in [-0.39, 0.29) is 5.78 Å². The summed E-state index contributed by atoms with van der Waals surface area (Å²) >= 11 is 0. The molecule has 4 nitrogen and oxygen atoms in total. The normalized spacial score (nSPS) is 25.9. The predicted octanol–water partition coefficient (Wildman–Crippen LogP) is 2.69. The third-order valence-corrected chi connectivity index (χ3v) is 4.64. The van der Waals surface area contributed by atoms with E-state index in [4.69, 9.17) is 9.47 Å². The van der Waals surface area contributed by atoms with Crippen molar-refractivity contribution in [3.63, 3.8) is 0 Å². The van der Waals surface area contributed by atoms with Crippen LogP contribution in [0, 0.1) is 0 Å². The van der Waals surface area contributed by atoms with Crippen molar-refractivity contribution in [3.8, 4) is 5.75 Å². The molecule has 1 fully saturated rings. The molecule has 1 aromatic rings. The van der Waals surface area contributed by atoms with Crippen molar-refractivity contribution >= 4 is 5.78 Å². The van der Waals surface area contributed by atoms with Crippen LogP contribution >= 0.6 is 0 Å². The fraction of sp³-hybridized carbons (Fsp3) is 0.500. The minimum absolute atomic E-state index is 0.188. The number of hydrogen-bond donors (Lipinski definition) is 0. The van der Waals surface area contributed by atoms with E-state index >= 15 is 0 Å². The molecule has 3 rings (SSSR count). The zero-order valence-corrected chi connectivity index (χ0v) is 13.1. The third-order valence-electron chi connectivity index (χ3n) is 4.64. The summed E-state index contributed by atoms with van der Waals surface area (Å²) in [5.41, 5.74) is 0.246. The van der Waals surface area contributed by atoms with Gasteiger partial charge in [-0.05, 0) is 43.5 Å². The number of Topliss-reactive ketones (excluding diaryl/α,β-unsaturated/α-hetero) is 1. The summed E-state index contributed by atoms with van der Waals surface area (Å²) in [6.45, 7) is 3.02. The minimum Gasteiger partial charge on any atom is -0.497 e. The number of carbonyl (C=O) groups excluding carboxylic acids is 1. The number of nitrogens with zero attached hydrogens (tertiary/aromatic N) is 1. The molecule has 0 spiro atoms. The van der Waals surface area contributed by atoms with E-state index in [9.17, 15) is 4.79 Å². The number of hydrogen-bond acceptors (Lipinski definition) is 4. The number of carbonyl (C=O) groups is 1. The molecule has 0 saturated carbocycles. The quantitative estimate of drug-likeness (QED) is 0.633. The van der Waals surface area contributed by atoms with E-state index in [1.54, 1.807) is 7.11 Å². The van der Waals surface area contributed by atoms with Crippen molar-refractivity contribution in [1.82, 2.24) is 4.90 Å². The maximum absolute atomic E-state index is 13.2. The van der Waals surface area contributed by atoms with Crippen LogP contribution in [0.5, 0.6) is 5.75 Å². The number of methoxy groups -OCH3 is 1. The standard InChI is InChI=1S/C18H23NO3/c1-21-16-7-5-15(6-8-16)17(20)18(9-3-2-4-10-18)19-11-13-22-14-12-19/h3,5-9H,2,4,10-14H2,1H3. The van der Waals surface area contributed by atoms with E-state index in [0.717, 1.165) is 43.7 Å². The van der Waals surface area contributed by atoms with E-state index in [2.05, 4.69) is 17.1 Å². The van der Waals surface area contributed by atoms with Crippen molar-refractivity contribution in [3.05, 3.63) is 42.0 Å². The van der Waals surface area contributed by atoms with Gasteiger partial charge in [0, 0.05) is 18.7 Å². The number of ether oxygens (including phenoxy) is 2. The highest BCUT2D eigenvalue weighted by Crippen LogP contribution is 2.33. The number of ketones is 1. The lowest BCUT2D eigenvalue weighted by Crippen LogP contribution is -2.57. The molecule has 1 aliphatic carbocycles. The fourth-order valence-corrected chi connectivity index (χ4v) is 3.40. The van der Waals surface area contributed by atoms with Gasteiger partial charge in [0.1, 0.15) is 11.3 Å². The first-order valence-electron chi connectivity index (χ1n) is 7.96. The second-order valence-corrected chi connectivity index (χ2v) is 5.88. The molecule has 1 heterocycles. The van der Waals surface area contributed by atoms with Crippen LogP contribution in [0.3, 0.4) is 0 Å². The van der Waals surface area contributed by atoms with E-state index < -0.39 is 5.54 Å². The van der Waals surface area contributed by atoms with Crippen molar-refractivity contribution in [2.75, 3.05) is 33.4 Å². The molecule has 1 atom stereocenters. The van der Waals surface area contributed by atoms with Crippen LogP contribution in [-0.2, 0) is 4.74 Å². The highest BCUT2D eigenvalue weighted by Gasteiger charge is 2.43. The zero-order chi connectivity index (χ0) is 15.4. The predicted molar refractivity (Wildman–Crippen MR) is 85.4 cm³/mol. The largest absolute Gasteiger partial charge is 0.497 e. The SMILES string of the molecule is COc1ccc(C(=O)C2(N3CCOCC3)C=CCCC2)cc1. The Morgan fingerprint density at radius 1 is 1.23 bits per heavy atom. The molecule has 1 saturated heterocycles. The Balaban J connectivity index is 1.92. The maximum atomic E-state index is 13.2. The average molecular weight is 301 g/mol. The lowest BCUT2D eigenvalue weighted by Gasteiger charge is -2.44. The average Bonchev–Trinajstić information content (AvgIpc) is 2.62. The number of rotatable bonds is 4. The summed E-state index contributed by atoms with van der Waals surface area (Å²) in [5.74, 6) is 0.962. The Morgan fingerprint density at radius 3 is 2.55 bits per heavy atom. The van der Waals surface area contributed by atoms with Gasteiger partial charge in [-0.3, -0.25) is 9.69 Å². The lowest BCUT2D eigenvalue weighted by atomic mass is 9.79. The Bertz CT molecular complexity index is 546. The molecule has 1 aromatic carbocycles. The molecule has 22 heavy (non-hydrogen) atoms. The maximum Gasteiger partial charge on any atom is 0.186 e. The van der Waals surface area contributed by atoms with E-state index in [1.165, 1.54) is 0 Å². The van der Waals surface area contributed by atoms with Gasteiger partial charge in [-0.25, -0.2) is 0 Å². The topological polar surface area (TPSA) is 38.8 Å². The van der Waals surface area contributed by atoms with Crippen molar-refractivity contribution in [2.24, 2.45) is 0 Å². The summed E-state index contributed by atoms with van der Waals surface area (Å²) in [6, 6.07) is 7.44. The second kappa shape index (κ2) is 6.63. The molecule has 0 bridgehead atoms. The van der Waals surface area contributed by atoms with E-state index in [0.29, 0.717) is 13.2 Å². The summed E-state index contributed by atoms with van der Waals surface area (Å²) in [5, 5.41) is 0. The molecular weight excluding hydrogens is 278 g/mol. The van der Waals surface area contributed by atoms with Gasteiger partial charge in [-0.15, -0.1) is 0 Å².